The maximum Gasteiger partial charge on any atom is 0.253 e. The molecule has 1 amide bonds. The molecule has 1 aromatic carbocycles. The maximum absolute atomic E-state index is 11.9. The van der Waals surface area contributed by atoms with E-state index in [1.165, 1.54) is 0 Å². The van der Waals surface area contributed by atoms with Crippen molar-refractivity contribution in [3.63, 3.8) is 0 Å². The average molecular weight is 259 g/mol. The summed E-state index contributed by atoms with van der Waals surface area (Å²) >= 11 is 11.8. The molecule has 0 bridgehead atoms. The molecular weight excluding hydrogens is 247 g/mol. The van der Waals surface area contributed by atoms with Gasteiger partial charge in [0, 0.05) is 12.6 Å². The summed E-state index contributed by atoms with van der Waals surface area (Å²) in [5.41, 5.74) is 0.432. The maximum atomic E-state index is 11.9. The van der Waals surface area contributed by atoms with Crippen molar-refractivity contribution in [1.82, 2.24) is 10.6 Å². The van der Waals surface area contributed by atoms with E-state index >= 15 is 0 Å². The molecule has 1 aliphatic heterocycles. The number of amides is 1. The van der Waals surface area contributed by atoms with Crippen molar-refractivity contribution >= 4 is 29.1 Å². The van der Waals surface area contributed by atoms with E-state index in [-0.39, 0.29) is 11.9 Å². The molecule has 0 unspecified atom stereocenters. The second-order valence-corrected chi connectivity index (χ2v) is 4.55. The molecule has 1 aromatic rings. The van der Waals surface area contributed by atoms with Crippen molar-refractivity contribution in [1.29, 1.82) is 0 Å². The molecule has 0 aromatic heterocycles. The van der Waals surface area contributed by atoms with Crippen molar-refractivity contribution in [3.05, 3.63) is 33.8 Å². The van der Waals surface area contributed by atoms with Crippen LogP contribution in [0.2, 0.25) is 10.0 Å². The Morgan fingerprint density at radius 3 is 2.94 bits per heavy atom. The molecule has 1 saturated heterocycles. The second-order valence-electron chi connectivity index (χ2n) is 3.76. The van der Waals surface area contributed by atoms with Crippen molar-refractivity contribution in [2.75, 3.05) is 13.1 Å². The van der Waals surface area contributed by atoms with Gasteiger partial charge in [0.1, 0.15) is 0 Å². The Hall–Kier alpha value is -0.770. The molecule has 1 heterocycles. The van der Waals surface area contributed by atoms with E-state index in [4.69, 9.17) is 23.2 Å². The van der Waals surface area contributed by atoms with Gasteiger partial charge >= 0.3 is 0 Å². The highest BCUT2D eigenvalue weighted by atomic mass is 35.5. The van der Waals surface area contributed by atoms with E-state index in [0.29, 0.717) is 15.6 Å². The van der Waals surface area contributed by atoms with Gasteiger partial charge in [-0.1, -0.05) is 29.3 Å². The molecule has 0 radical (unpaired) electrons. The molecule has 0 aliphatic carbocycles. The predicted molar refractivity (Wildman–Crippen MR) is 65.2 cm³/mol. The molecule has 1 fully saturated rings. The van der Waals surface area contributed by atoms with Gasteiger partial charge in [0.15, 0.2) is 0 Å². The van der Waals surface area contributed by atoms with Crippen molar-refractivity contribution < 1.29 is 4.79 Å². The average Bonchev–Trinajstić information content (AvgIpc) is 2.74. The molecule has 86 valence electrons. The van der Waals surface area contributed by atoms with E-state index < -0.39 is 0 Å². The summed E-state index contributed by atoms with van der Waals surface area (Å²) < 4.78 is 0. The van der Waals surface area contributed by atoms with E-state index in [0.717, 1.165) is 19.5 Å². The monoisotopic (exact) mass is 258 g/mol. The van der Waals surface area contributed by atoms with Crippen molar-refractivity contribution in [3.8, 4) is 0 Å². The molecule has 2 N–H and O–H groups in total. The first-order valence-corrected chi connectivity index (χ1v) is 5.89. The summed E-state index contributed by atoms with van der Waals surface area (Å²) in [4.78, 5) is 11.9. The van der Waals surface area contributed by atoms with E-state index in [1.807, 2.05) is 0 Å². The van der Waals surface area contributed by atoms with Crippen LogP contribution in [0.4, 0.5) is 0 Å². The predicted octanol–water partition coefficient (Wildman–Crippen LogP) is 2.09. The Morgan fingerprint density at radius 1 is 1.44 bits per heavy atom. The van der Waals surface area contributed by atoms with Crippen LogP contribution in [-0.2, 0) is 0 Å². The fraction of sp³-hybridized carbons (Fsp3) is 0.364. The smallest absolute Gasteiger partial charge is 0.253 e. The minimum Gasteiger partial charge on any atom is -0.348 e. The van der Waals surface area contributed by atoms with E-state index in [2.05, 4.69) is 10.6 Å². The van der Waals surface area contributed by atoms with Crippen LogP contribution in [-0.4, -0.2) is 25.0 Å². The second kappa shape index (κ2) is 5.04. The van der Waals surface area contributed by atoms with Crippen LogP contribution < -0.4 is 10.6 Å². The summed E-state index contributed by atoms with van der Waals surface area (Å²) in [6, 6.07) is 5.24. The number of carbonyl (C=O) groups excluding carboxylic acids is 1. The minimum atomic E-state index is -0.166. The SMILES string of the molecule is O=C(N[C@@H]1CCNC1)c1cccc(Cl)c1Cl. The van der Waals surface area contributed by atoms with Gasteiger partial charge in [-0.05, 0) is 25.1 Å². The largest absolute Gasteiger partial charge is 0.348 e. The lowest BCUT2D eigenvalue weighted by Crippen LogP contribution is -2.36. The normalized spacial score (nSPS) is 19.8. The number of nitrogens with one attached hydrogen (secondary N) is 2. The number of carbonyl (C=O) groups is 1. The number of benzene rings is 1. The van der Waals surface area contributed by atoms with Crippen LogP contribution in [0.1, 0.15) is 16.8 Å². The van der Waals surface area contributed by atoms with Gasteiger partial charge in [0.2, 0.25) is 0 Å². The lowest BCUT2D eigenvalue weighted by molar-refractivity contribution is 0.0940. The standard InChI is InChI=1S/C11H12Cl2N2O/c12-9-3-1-2-8(10(9)13)11(16)15-7-4-5-14-6-7/h1-3,7,14H,4-6H2,(H,15,16)/t7-/m1/s1. The third-order valence-corrected chi connectivity index (χ3v) is 3.41. The zero-order chi connectivity index (χ0) is 11.5. The Balaban J connectivity index is 2.11. The van der Waals surface area contributed by atoms with Gasteiger partial charge in [0.25, 0.3) is 5.91 Å². The Labute approximate surface area is 104 Å². The number of hydrogen-bond acceptors (Lipinski definition) is 2. The first-order chi connectivity index (χ1) is 7.68. The van der Waals surface area contributed by atoms with E-state index in [1.54, 1.807) is 18.2 Å². The summed E-state index contributed by atoms with van der Waals surface area (Å²) in [6.07, 6.45) is 0.948. The molecule has 1 aliphatic rings. The molecule has 5 heteroatoms. The lowest BCUT2D eigenvalue weighted by Gasteiger charge is -2.12. The highest BCUT2D eigenvalue weighted by Crippen LogP contribution is 2.25. The molecule has 0 spiro atoms. The molecule has 1 atom stereocenters. The Bertz CT molecular complexity index is 403. The van der Waals surface area contributed by atoms with Gasteiger partial charge in [-0.2, -0.15) is 0 Å². The first-order valence-electron chi connectivity index (χ1n) is 5.14. The van der Waals surface area contributed by atoms with Gasteiger partial charge < -0.3 is 10.6 Å². The molecule has 2 rings (SSSR count). The summed E-state index contributed by atoms with van der Waals surface area (Å²) in [5, 5.41) is 6.81. The summed E-state index contributed by atoms with van der Waals surface area (Å²) in [5.74, 6) is -0.166. The van der Waals surface area contributed by atoms with Crippen LogP contribution in [0.3, 0.4) is 0 Å². The van der Waals surface area contributed by atoms with Crippen molar-refractivity contribution in [2.24, 2.45) is 0 Å². The number of rotatable bonds is 2. The number of hydrogen-bond donors (Lipinski definition) is 2. The summed E-state index contributed by atoms with van der Waals surface area (Å²) in [6.45, 7) is 1.75. The van der Waals surface area contributed by atoms with Gasteiger partial charge in [-0.3, -0.25) is 4.79 Å². The minimum absolute atomic E-state index is 0.166. The summed E-state index contributed by atoms with van der Waals surface area (Å²) in [7, 11) is 0. The molecule has 3 nitrogen and oxygen atoms in total. The highest BCUT2D eigenvalue weighted by molar-refractivity contribution is 6.43. The first kappa shape index (κ1) is 11.7. The quantitative estimate of drug-likeness (QED) is 0.853. The number of halogens is 2. The Morgan fingerprint density at radius 2 is 2.25 bits per heavy atom. The van der Waals surface area contributed by atoms with Crippen LogP contribution in [0, 0.1) is 0 Å². The molecular formula is C11H12Cl2N2O. The van der Waals surface area contributed by atoms with Crippen LogP contribution >= 0.6 is 23.2 Å². The Kier molecular flexibility index (Phi) is 3.69. The van der Waals surface area contributed by atoms with Gasteiger partial charge in [0.05, 0.1) is 15.6 Å². The van der Waals surface area contributed by atoms with E-state index in [9.17, 15) is 4.79 Å². The fourth-order valence-electron chi connectivity index (χ4n) is 1.72. The highest BCUT2D eigenvalue weighted by Gasteiger charge is 2.19. The zero-order valence-electron chi connectivity index (χ0n) is 8.59. The van der Waals surface area contributed by atoms with Crippen LogP contribution in [0.5, 0.6) is 0 Å². The zero-order valence-corrected chi connectivity index (χ0v) is 10.1. The third-order valence-electron chi connectivity index (χ3n) is 2.59. The van der Waals surface area contributed by atoms with Gasteiger partial charge in [-0.25, -0.2) is 0 Å². The topological polar surface area (TPSA) is 41.1 Å². The van der Waals surface area contributed by atoms with Crippen LogP contribution in [0.25, 0.3) is 0 Å². The fourth-order valence-corrected chi connectivity index (χ4v) is 2.11. The molecule has 16 heavy (non-hydrogen) atoms. The van der Waals surface area contributed by atoms with Gasteiger partial charge in [-0.15, -0.1) is 0 Å². The third kappa shape index (κ3) is 2.48. The van der Waals surface area contributed by atoms with Crippen molar-refractivity contribution in [2.45, 2.75) is 12.5 Å². The molecule has 0 saturated carbocycles. The lowest BCUT2D eigenvalue weighted by atomic mass is 10.2. The van der Waals surface area contributed by atoms with Crippen LogP contribution in [0.15, 0.2) is 18.2 Å².